The highest BCUT2D eigenvalue weighted by Crippen LogP contribution is 2.38. The van der Waals surface area contributed by atoms with E-state index in [9.17, 15) is 0 Å². The van der Waals surface area contributed by atoms with Gasteiger partial charge in [-0.3, -0.25) is 0 Å². The summed E-state index contributed by atoms with van der Waals surface area (Å²) in [5, 5.41) is 4.26. The lowest BCUT2D eigenvalue weighted by Crippen LogP contribution is -2.00. The monoisotopic (exact) mass is 290 g/mol. The number of hydrogen-bond acceptors (Lipinski definition) is 6. The maximum absolute atomic E-state index is 5.74. The highest BCUT2D eigenvalue weighted by Gasteiger charge is 2.14. The third kappa shape index (κ3) is 2.91. The summed E-state index contributed by atoms with van der Waals surface area (Å²) in [7, 11) is 4.68. The van der Waals surface area contributed by atoms with Crippen LogP contribution in [-0.2, 0) is 0 Å². The molecule has 0 aliphatic carbocycles. The summed E-state index contributed by atoms with van der Waals surface area (Å²) in [6.45, 7) is 1.85. The Kier molecular flexibility index (Phi) is 4.32. The average Bonchev–Trinajstić information content (AvgIpc) is 2.81. The summed E-state index contributed by atoms with van der Waals surface area (Å²) in [4.78, 5) is 4.08. The summed E-state index contributed by atoms with van der Waals surface area (Å²) in [5.74, 6) is 1.96. The van der Waals surface area contributed by atoms with Crippen molar-refractivity contribution < 1.29 is 14.2 Å². The van der Waals surface area contributed by atoms with Crippen molar-refractivity contribution in [2.45, 2.75) is 6.92 Å². The number of nitrogens with two attached hydrogens (primary N) is 1. The Labute approximate surface area is 122 Å². The minimum atomic E-state index is 0.322. The zero-order valence-electron chi connectivity index (χ0n) is 12.5. The van der Waals surface area contributed by atoms with Gasteiger partial charge in [-0.05, 0) is 19.1 Å². The minimum Gasteiger partial charge on any atom is -0.493 e. The van der Waals surface area contributed by atoms with Crippen LogP contribution in [0.5, 0.6) is 17.2 Å². The lowest BCUT2D eigenvalue weighted by Gasteiger charge is -2.13. The van der Waals surface area contributed by atoms with E-state index in [4.69, 9.17) is 19.9 Å². The predicted octanol–water partition coefficient (Wildman–Crippen LogP) is 1.68. The molecule has 0 saturated carbocycles. The lowest BCUT2D eigenvalue weighted by molar-refractivity contribution is 0.324. The number of aryl methyl sites for hydroxylation is 1. The SMILES string of the molecule is COc1ccc(C=Nn2cc(C)nc2N)c(OC)c1OC. The van der Waals surface area contributed by atoms with E-state index in [-0.39, 0.29) is 0 Å². The molecule has 0 saturated heterocycles. The van der Waals surface area contributed by atoms with E-state index in [2.05, 4.69) is 10.1 Å². The number of imidazole rings is 1. The lowest BCUT2D eigenvalue weighted by atomic mass is 10.2. The number of ether oxygens (including phenoxy) is 3. The molecule has 0 atom stereocenters. The van der Waals surface area contributed by atoms with Gasteiger partial charge in [0.25, 0.3) is 0 Å². The van der Waals surface area contributed by atoms with Crippen molar-refractivity contribution in [3.05, 3.63) is 29.6 Å². The van der Waals surface area contributed by atoms with E-state index < -0.39 is 0 Å². The van der Waals surface area contributed by atoms with E-state index >= 15 is 0 Å². The summed E-state index contributed by atoms with van der Waals surface area (Å²) in [6, 6.07) is 3.61. The van der Waals surface area contributed by atoms with Crippen LogP contribution in [-0.4, -0.2) is 37.2 Å². The summed E-state index contributed by atoms with van der Waals surface area (Å²) < 4.78 is 17.4. The number of rotatable bonds is 5. The second kappa shape index (κ2) is 6.17. The van der Waals surface area contributed by atoms with E-state index in [1.165, 1.54) is 4.68 Å². The van der Waals surface area contributed by atoms with Gasteiger partial charge in [-0.25, -0.2) is 9.66 Å². The van der Waals surface area contributed by atoms with Gasteiger partial charge in [0.15, 0.2) is 11.5 Å². The van der Waals surface area contributed by atoms with Crippen LogP contribution in [0.15, 0.2) is 23.4 Å². The van der Waals surface area contributed by atoms with E-state index in [0.29, 0.717) is 23.2 Å². The maximum Gasteiger partial charge on any atom is 0.221 e. The van der Waals surface area contributed by atoms with Crippen molar-refractivity contribution in [1.82, 2.24) is 9.66 Å². The van der Waals surface area contributed by atoms with Crippen molar-refractivity contribution >= 4 is 12.2 Å². The summed E-state index contributed by atoms with van der Waals surface area (Å²) >= 11 is 0. The fraction of sp³-hybridized carbons (Fsp3) is 0.286. The molecule has 7 nitrogen and oxygen atoms in total. The number of methoxy groups -OCH3 is 3. The molecule has 7 heteroatoms. The molecule has 0 aliphatic heterocycles. The smallest absolute Gasteiger partial charge is 0.221 e. The van der Waals surface area contributed by atoms with Crippen LogP contribution in [0.3, 0.4) is 0 Å². The average molecular weight is 290 g/mol. The largest absolute Gasteiger partial charge is 0.493 e. The highest BCUT2D eigenvalue weighted by atomic mass is 16.5. The number of anilines is 1. The van der Waals surface area contributed by atoms with Gasteiger partial charge in [0.1, 0.15) is 0 Å². The summed E-state index contributed by atoms with van der Waals surface area (Å²) in [5.41, 5.74) is 7.27. The molecule has 0 amide bonds. The van der Waals surface area contributed by atoms with Crippen LogP contribution in [0.4, 0.5) is 5.95 Å². The zero-order chi connectivity index (χ0) is 15.4. The molecule has 2 N–H and O–H groups in total. The fourth-order valence-electron chi connectivity index (χ4n) is 1.95. The van der Waals surface area contributed by atoms with Gasteiger partial charge in [0.05, 0.1) is 39.4 Å². The Hall–Kier alpha value is -2.70. The maximum atomic E-state index is 5.74. The molecule has 0 spiro atoms. The van der Waals surface area contributed by atoms with Crippen LogP contribution in [0.25, 0.3) is 0 Å². The predicted molar refractivity (Wildman–Crippen MR) is 80.5 cm³/mol. The molecule has 1 aromatic carbocycles. The molecule has 21 heavy (non-hydrogen) atoms. The molecule has 0 fully saturated rings. The first-order valence-electron chi connectivity index (χ1n) is 6.25. The fourth-order valence-corrected chi connectivity index (χ4v) is 1.95. The van der Waals surface area contributed by atoms with Crippen molar-refractivity contribution in [2.24, 2.45) is 5.10 Å². The first-order valence-corrected chi connectivity index (χ1v) is 6.25. The minimum absolute atomic E-state index is 0.322. The Morgan fingerprint density at radius 2 is 1.86 bits per heavy atom. The number of hydrogen-bond donors (Lipinski definition) is 1. The Morgan fingerprint density at radius 3 is 2.38 bits per heavy atom. The Bertz CT molecular complexity index is 664. The summed E-state index contributed by atoms with van der Waals surface area (Å²) in [6.07, 6.45) is 3.36. The number of benzene rings is 1. The molecular formula is C14H18N4O3. The molecule has 0 radical (unpaired) electrons. The second-order valence-corrected chi connectivity index (χ2v) is 4.25. The second-order valence-electron chi connectivity index (χ2n) is 4.25. The Balaban J connectivity index is 2.42. The Morgan fingerprint density at radius 1 is 1.14 bits per heavy atom. The van der Waals surface area contributed by atoms with Crippen LogP contribution >= 0.6 is 0 Å². The van der Waals surface area contributed by atoms with Gasteiger partial charge in [-0.2, -0.15) is 5.10 Å². The first-order chi connectivity index (χ1) is 10.1. The van der Waals surface area contributed by atoms with E-state index in [1.807, 2.05) is 13.0 Å². The van der Waals surface area contributed by atoms with Gasteiger partial charge in [-0.15, -0.1) is 0 Å². The molecule has 1 heterocycles. The molecule has 112 valence electrons. The van der Waals surface area contributed by atoms with E-state index in [1.54, 1.807) is 39.8 Å². The molecule has 0 bridgehead atoms. The number of nitrogen functional groups attached to an aromatic ring is 1. The zero-order valence-corrected chi connectivity index (χ0v) is 12.5. The third-order valence-corrected chi connectivity index (χ3v) is 2.89. The number of nitrogens with zero attached hydrogens (tertiary/aromatic N) is 3. The topological polar surface area (TPSA) is 83.9 Å². The molecule has 0 unspecified atom stereocenters. The third-order valence-electron chi connectivity index (χ3n) is 2.89. The van der Waals surface area contributed by atoms with Crippen molar-refractivity contribution in [3.8, 4) is 17.2 Å². The molecule has 2 rings (SSSR count). The normalized spacial score (nSPS) is 10.9. The van der Waals surface area contributed by atoms with Crippen molar-refractivity contribution in [1.29, 1.82) is 0 Å². The van der Waals surface area contributed by atoms with E-state index in [0.717, 1.165) is 11.3 Å². The number of aromatic nitrogens is 2. The van der Waals surface area contributed by atoms with Gasteiger partial charge in [0, 0.05) is 5.56 Å². The van der Waals surface area contributed by atoms with Crippen LogP contribution in [0.2, 0.25) is 0 Å². The quantitative estimate of drug-likeness (QED) is 0.847. The first kappa shape index (κ1) is 14.7. The van der Waals surface area contributed by atoms with Crippen molar-refractivity contribution in [2.75, 3.05) is 27.1 Å². The van der Waals surface area contributed by atoms with Gasteiger partial charge in [0.2, 0.25) is 11.7 Å². The molecule has 0 aliphatic rings. The standard InChI is InChI=1S/C14H18N4O3/c1-9-8-18(14(15)17-9)16-7-10-5-6-11(19-2)13(21-4)12(10)20-3/h5-8H,1-4H3,(H2,15,17). The molecule has 2 aromatic rings. The van der Waals surface area contributed by atoms with Crippen LogP contribution < -0.4 is 19.9 Å². The molecule has 1 aromatic heterocycles. The van der Waals surface area contributed by atoms with Crippen LogP contribution in [0.1, 0.15) is 11.3 Å². The van der Waals surface area contributed by atoms with Crippen LogP contribution in [0, 0.1) is 6.92 Å². The van der Waals surface area contributed by atoms with Crippen molar-refractivity contribution in [3.63, 3.8) is 0 Å². The van der Waals surface area contributed by atoms with Gasteiger partial charge in [-0.1, -0.05) is 0 Å². The van der Waals surface area contributed by atoms with Gasteiger partial charge < -0.3 is 19.9 Å². The molecular weight excluding hydrogens is 272 g/mol. The highest BCUT2D eigenvalue weighted by molar-refractivity contribution is 5.86. The van der Waals surface area contributed by atoms with Gasteiger partial charge >= 0.3 is 0 Å².